The van der Waals surface area contributed by atoms with Crippen LogP contribution in [0.25, 0.3) is 0 Å². The van der Waals surface area contributed by atoms with Crippen LogP contribution in [0.4, 0.5) is 4.39 Å². The second-order valence-corrected chi connectivity index (χ2v) is 10.1. The second kappa shape index (κ2) is 13.9. The van der Waals surface area contributed by atoms with Crippen LogP contribution in [-0.2, 0) is 22.6 Å². The largest absolute Gasteiger partial charge is 0.483 e. The number of amides is 2. The highest BCUT2D eigenvalue weighted by Gasteiger charge is 2.30. The zero-order valence-corrected chi connectivity index (χ0v) is 23.1. The van der Waals surface area contributed by atoms with Crippen LogP contribution in [-0.4, -0.2) is 35.9 Å². The van der Waals surface area contributed by atoms with E-state index in [0.717, 1.165) is 27.6 Å². The molecule has 0 radical (unpaired) electrons. The molecule has 1 N–H and O–H groups in total. The quantitative estimate of drug-likeness (QED) is 0.280. The monoisotopic (exact) mass is 568 g/mol. The molecule has 0 aliphatic rings. The first-order valence-electron chi connectivity index (χ1n) is 12.6. The van der Waals surface area contributed by atoms with Crippen LogP contribution in [0.15, 0.2) is 77.3 Å². The molecule has 5 nitrogen and oxygen atoms in total. The van der Waals surface area contributed by atoms with E-state index in [9.17, 15) is 14.0 Å². The molecule has 196 valence electrons. The molecular formula is C30H34BrFN2O3. The molecule has 0 saturated heterocycles. The Hall–Kier alpha value is -3.19. The Morgan fingerprint density at radius 1 is 1.00 bits per heavy atom. The Kier molecular flexibility index (Phi) is 10.7. The molecule has 0 heterocycles. The highest BCUT2D eigenvalue weighted by molar-refractivity contribution is 9.10. The van der Waals surface area contributed by atoms with Crippen LogP contribution in [0.3, 0.4) is 0 Å². The molecule has 0 aliphatic heterocycles. The third kappa shape index (κ3) is 8.42. The van der Waals surface area contributed by atoms with Crippen molar-refractivity contribution in [1.82, 2.24) is 10.2 Å². The molecule has 7 heteroatoms. The van der Waals surface area contributed by atoms with Crippen molar-refractivity contribution in [2.75, 3.05) is 13.2 Å². The molecule has 0 spiro atoms. The molecule has 1 atom stereocenters. The fourth-order valence-electron chi connectivity index (χ4n) is 3.92. The van der Waals surface area contributed by atoms with E-state index >= 15 is 0 Å². The van der Waals surface area contributed by atoms with E-state index in [0.29, 0.717) is 24.6 Å². The molecule has 0 aliphatic carbocycles. The third-order valence-electron chi connectivity index (χ3n) is 6.06. The summed E-state index contributed by atoms with van der Waals surface area (Å²) in [6.07, 6.45) is 1.12. The molecule has 0 bridgehead atoms. The van der Waals surface area contributed by atoms with Gasteiger partial charge in [0.05, 0.1) is 4.47 Å². The van der Waals surface area contributed by atoms with Gasteiger partial charge in [0.1, 0.15) is 17.6 Å². The number of benzene rings is 3. The van der Waals surface area contributed by atoms with Crippen molar-refractivity contribution in [3.8, 4) is 5.75 Å². The van der Waals surface area contributed by atoms with E-state index in [4.69, 9.17) is 4.74 Å². The Labute approximate surface area is 227 Å². The lowest BCUT2D eigenvalue weighted by atomic mass is 10.0. The van der Waals surface area contributed by atoms with E-state index < -0.39 is 6.04 Å². The summed E-state index contributed by atoms with van der Waals surface area (Å²) in [5.41, 5.74) is 2.81. The van der Waals surface area contributed by atoms with Crippen molar-refractivity contribution >= 4 is 27.7 Å². The van der Waals surface area contributed by atoms with Gasteiger partial charge in [-0.3, -0.25) is 9.59 Å². The fraction of sp³-hybridized carbons (Fsp3) is 0.333. The first-order valence-corrected chi connectivity index (χ1v) is 13.4. The van der Waals surface area contributed by atoms with Gasteiger partial charge >= 0.3 is 0 Å². The normalized spacial score (nSPS) is 11.7. The SMILES string of the molecule is CCCNC(=O)[C@@H](Cc1ccccc1)N(Cc1ccc(F)cc1)C(=O)COc1ccc(C(C)C)cc1Br. The average Bonchev–Trinajstić information content (AvgIpc) is 2.90. The molecule has 0 unspecified atom stereocenters. The predicted molar refractivity (Wildman–Crippen MR) is 148 cm³/mol. The summed E-state index contributed by atoms with van der Waals surface area (Å²) in [5, 5.41) is 2.94. The van der Waals surface area contributed by atoms with E-state index in [2.05, 4.69) is 35.1 Å². The summed E-state index contributed by atoms with van der Waals surface area (Å²) in [6, 6.07) is 20.6. The Morgan fingerprint density at radius 2 is 1.70 bits per heavy atom. The molecule has 2 amide bonds. The van der Waals surface area contributed by atoms with Gasteiger partial charge in [0.15, 0.2) is 6.61 Å². The van der Waals surface area contributed by atoms with Crippen molar-refractivity contribution < 1.29 is 18.7 Å². The maximum absolute atomic E-state index is 13.6. The number of nitrogens with one attached hydrogen (secondary N) is 1. The van der Waals surface area contributed by atoms with E-state index in [1.54, 1.807) is 12.1 Å². The van der Waals surface area contributed by atoms with Gasteiger partial charge in [-0.05, 0) is 69.2 Å². The molecule has 3 aromatic rings. The third-order valence-corrected chi connectivity index (χ3v) is 6.68. The van der Waals surface area contributed by atoms with Gasteiger partial charge < -0.3 is 15.0 Å². The maximum atomic E-state index is 13.6. The standard InChI is InChI=1S/C30H34BrFN2O3/c1-4-16-33-30(36)27(17-22-8-6-5-7-9-22)34(19-23-10-13-25(32)14-11-23)29(35)20-37-28-15-12-24(21(2)3)18-26(28)31/h5-15,18,21,27H,4,16-17,19-20H2,1-3H3,(H,33,36)/t27-/m1/s1. The Balaban J connectivity index is 1.88. The Morgan fingerprint density at radius 3 is 2.32 bits per heavy atom. The van der Waals surface area contributed by atoms with Gasteiger partial charge in [0.25, 0.3) is 5.91 Å². The topological polar surface area (TPSA) is 58.6 Å². The van der Waals surface area contributed by atoms with Crippen LogP contribution < -0.4 is 10.1 Å². The number of carbonyl (C=O) groups is 2. The minimum Gasteiger partial charge on any atom is -0.483 e. The van der Waals surface area contributed by atoms with E-state index in [1.165, 1.54) is 17.0 Å². The summed E-state index contributed by atoms with van der Waals surface area (Å²) in [6.45, 7) is 6.60. The first kappa shape index (κ1) is 28.4. The van der Waals surface area contributed by atoms with Gasteiger partial charge in [-0.1, -0.05) is 69.3 Å². The molecule has 37 heavy (non-hydrogen) atoms. The minimum absolute atomic E-state index is 0.146. The lowest BCUT2D eigenvalue weighted by molar-refractivity contribution is -0.142. The lowest BCUT2D eigenvalue weighted by Crippen LogP contribution is -2.51. The lowest BCUT2D eigenvalue weighted by Gasteiger charge is -2.31. The number of ether oxygens (including phenoxy) is 1. The number of hydrogen-bond donors (Lipinski definition) is 1. The van der Waals surface area contributed by atoms with E-state index in [1.807, 2.05) is 55.5 Å². The van der Waals surface area contributed by atoms with Crippen LogP contribution in [0.1, 0.15) is 49.8 Å². The van der Waals surface area contributed by atoms with Crippen molar-refractivity contribution in [2.24, 2.45) is 0 Å². The van der Waals surface area contributed by atoms with Crippen LogP contribution in [0.2, 0.25) is 0 Å². The fourth-order valence-corrected chi connectivity index (χ4v) is 4.43. The number of halogens is 2. The van der Waals surface area contributed by atoms with E-state index in [-0.39, 0.29) is 30.8 Å². The van der Waals surface area contributed by atoms with Gasteiger partial charge in [-0.15, -0.1) is 0 Å². The van der Waals surface area contributed by atoms with Gasteiger partial charge in [0, 0.05) is 19.5 Å². The predicted octanol–water partition coefficient (Wildman–Crippen LogP) is 6.26. The maximum Gasteiger partial charge on any atom is 0.261 e. The minimum atomic E-state index is -0.762. The van der Waals surface area contributed by atoms with Crippen LogP contribution in [0, 0.1) is 5.82 Å². The van der Waals surface area contributed by atoms with Gasteiger partial charge in [0.2, 0.25) is 5.91 Å². The summed E-state index contributed by atoms with van der Waals surface area (Å²) in [4.78, 5) is 28.5. The van der Waals surface area contributed by atoms with Gasteiger partial charge in [-0.2, -0.15) is 0 Å². The second-order valence-electron chi connectivity index (χ2n) is 9.28. The smallest absolute Gasteiger partial charge is 0.261 e. The van der Waals surface area contributed by atoms with Crippen molar-refractivity contribution in [3.63, 3.8) is 0 Å². The zero-order valence-electron chi connectivity index (χ0n) is 21.5. The van der Waals surface area contributed by atoms with Crippen LogP contribution >= 0.6 is 15.9 Å². The number of hydrogen-bond acceptors (Lipinski definition) is 3. The summed E-state index contributed by atoms with van der Waals surface area (Å²) < 4.78 is 20.2. The van der Waals surface area contributed by atoms with Crippen molar-refractivity contribution in [3.05, 3.63) is 99.8 Å². The highest BCUT2D eigenvalue weighted by Crippen LogP contribution is 2.29. The zero-order chi connectivity index (χ0) is 26.8. The molecule has 0 saturated carbocycles. The summed E-state index contributed by atoms with van der Waals surface area (Å²) >= 11 is 3.54. The number of carbonyl (C=O) groups excluding carboxylic acids is 2. The molecular weight excluding hydrogens is 535 g/mol. The Bertz CT molecular complexity index is 1170. The first-order chi connectivity index (χ1) is 17.8. The number of nitrogens with zero attached hydrogens (tertiary/aromatic N) is 1. The summed E-state index contributed by atoms with van der Waals surface area (Å²) in [5.74, 6) is -0.0189. The highest BCUT2D eigenvalue weighted by atomic mass is 79.9. The average molecular weight is 570 g/mol. The number of rotatable bonds is 12. The summed E-state index contributed by atoms with van der Waals surface area (Å²) in [7, 11) is 0. The van der Waals surface area contributed by atoms with Gasteiger partial charge in [-0.25, -0.2) is 4.39 Å². The molecule has 0 fully saturated rings. The molecule has 3 rings (SSSR count). The van der Waals surface area contributed by atoms with Crippen LogP contribution in [0.5, 0.6) is 5.75 Å². The molecule has 0 aromatic heterocycles. The molecule has 3 aromatic carbocycles. The van der Waals surface area contributed by atoms with Crippen molar-refractivity contribution in [1.29, 1.82) is 0 Å². The van der Waals surface area contributed by atoms with Crippen molar-refractivity contribution in [2.45, 2.75) is 52.1 Å².